The molecule has 3 aromatic rings. The van der Waals surface area contributed by atoms with Crippen LogP contribution in [0.1, 0.15) is 31.0 Å². The predicted octanol–water partition coefficient (Wildman–Crippen LogP) is 3.41. The van der Waals surface area contributed by atoms with Gasteiger partial charge < -0.3 is 15.6 Å². The molecule has 0 fully saturated rings. The van der Waals surface area contributed by atoms with E-state index in [4.69, 9.17) is 11.6 Å². The highest BCUT2D eigenvalue weighted by atomic mass is 35.5. The average Bonchev–Trinajstić information content (AvgIpc) is 2.54. The molecule has 1 amide bonds. The quantitative estimate of drug-likeness (QED) is 0.652. The molecule has 0 spiro atoms. The second kappa shape index (κ2) is 7.13. The number of nitrogens with one attached hydrogen (secondary N) is 3. The molecule has 26 heavy (non-hydrogen) atoms. The molecule has 0 saturated carbocycles. The topological polar surface area (TPSA) is 99.8 Å². The maximum Gasteiger partial charge on any atom is 0.253 e. The highest BCUT2D eigenvalue weighted by Crippen LogP contribution is 2.24. The third kappa shape index (κ3) is 3.83. The molecule has 0 aliphatic heterocycles. The van der Waals surface area contributed by atoms with E-state index in [9.17, 15) is 9.59 Å². The fraction of sp³-hybridized carbons (Fsp3) is 0.222. The second-order valence-corrected chi connectivity index (χ2v) is 6.49. The zero-order chi connectivity index (χ0) is 18.8. The van der Waals surface area contributed by atoms with Gasteiger partial charge in [0.2, 0.25) is 11.9 Å². The molecule has 0 unspecified atom stereocenters. The first kappa shape index (κ1) is 17.9. The van der Waals surface area contributed by atoms with Crippen LogP contribution in [0.5, 0.6) is 0 Å². The van der Waals surface area contributed by atoms with E-state index in [1.165, 1.54) is 13.1 Å². The van der Waals surface area contributed by atoms with E-state index in [1.54, 1.807) is 6.07 Å². The van der Waals surface area contributed by atoms with Crippen molar-refractivity contribution in [2.24, 2.45) is 0 Å². The largest absolute Gasteiger partial charge is 0.347 e. The van der Waals surface area contributed by atoms with E-state index >= 15 is 0 Å². The van der Waals surface area contributed by atoms with Crippen LogP contribution in [-0.2, 0) is 4.79 Å². The molecular formula is C18H18ClN5O2. The maximum atomic E-state index is 12.5. The smallest absolute Gasteiger partial charge is 0.253 e. The number of amides is 1. The van der Waals surface area contributed by atoms with Gasteiger partial charge in [-0.15, -0.1) is 0 Å². The van der Waals surface area contributed by atoms with Crippen molar-refractivity contribution in [2.45, 2.75) is 26.8 Å². The number of hydrogen-bond donors (Lipinski definition) is 3. The van der Waals surface area contributed by atoms with Gasteiger partial charge in [0, 0.05) is 29.1 Å². The van der Waals surface area contributed by atoms with Crippen LogP contribution < -0.4 is 16.2 Å². The molecule has 3 rings (SSSR count). The Balaban J connectivity index is 1.93. The van der Waals surface area contributed by atoms with Crippen LogP contribution in [0.15, 0.2) is 35.3 Å². The Morgan fingerprint density at radius 1 is 1.31 bits per heavy atom. The molecule has 0 saturated heterocycles. The molecule has 0 aliphatic carbocycles. The normalized spacial score (nSPS) is 12.0. The number of fused-ring (bicyclic) bond motifs is 1. The van der Waals surface area contributed by atoms with Crippen LogP contribution in [0.2, 0.25) is 5.02 Å². The Morgan fingerprint density at radius 2 is 2.08 bits per heavy atom. The van der Waals surface area contributed by atoms with E-state index in [2.05, 4.69) is 25.6 Å². The van der Waals surface area contributed by atoms with Gasteiger partial charge in [-0.05, 0) is 43.7 Å². The Bertz CT molecular complexity index is 1050. The molecule has 3 N–H and O–H groups in total. The van der Waals surface area contributed by atoms with Crippen LogP contribution in [0.25, 0.3) is 10.9 Å². The van der Waals surface area contributed by atoms with Crippen molar-refractivity contribution in [1.82, 2.24) is 15.0 Å². The number of aromatic nitrogens is 3. The first-order valence-corrected chi connectivity index (χ1v) is 8.41. The summed E-state index contributed by atoms with van der Waals surface area (Å²) in [6.07, 6.45) is 1.53. The van der Waals surface area contributed by atoms with E-state index in [0.717, 1.165) is 16.5 Å². The minimum Gasteiger partial charge on any atom is -0.347 e. The van der Waals surface area contributed by atoms with Crippen LogP contribution in [0.4, 0.5) is 11.8 Å². The number of carbonyl (C=O) groups excluding carboxylic acids is 1. The van der Waals surface area contributed by atoms with Gasteiger partial charge in [-0.1, -0.05) is 11.6 Å². The molecule has 1 atom stereocenters. The van der Waals surface area contributed by atoms with Gasteiger partial charge in [-0.3, -0.25) is 9.59 Å². The maximum absolute atomic E-state index is 12.5. The van der Waals surface area contributed by atoms with Crippen molar-refractivity contribution in [2.75, 3.05) is 10.6 Å². The summed E-state index contributed by atoms with van der Waals surface area (Å²) in [4.78, 5) is 34.9. The number of pyridine rings is 1. The summed E-state index contributed by atoms with van der Waals surface area (Å²) in [6.45, 7) is 5.13. The Morgan fingerprint density at radius 3 is 2.81 bits per heavy atom. The highest BCUT2D eigenvalue weighted by molar-refractivity contribution is 6.31. The first-order valence-electron chi connectivity index (χ1n) is 8.04. The van der Waals surface area contributed by atoms with E-state index in [1.807, 2.05) is 32.0 Å². The molecule has 134 valence electrons. The van der Waals surface area contributed by atoms with Crippen molar-refractivity contribution >= 4 is 40.2 Å². The van der Waals surface area contributed by atoms with Crippen molar-refractivity contribution in [3.8, 4) is 0 Å². The lowest BCUT2D eigenvalue weighted by Crippen LogP contribution is -2.20. The summed E-state index contributed by atoms with van der Waals surface area (Å²) in [5, 5.41) is 7.14. The zero-order valence-corrected chi connectivity index (χ0v) is 15.3. The van der Waals surface area contributed by atoms with Crippen molar-refractivity contribution in [3.05, 3.63) is 57.0 Å². The standard InChI is InChI=1S/C18H18ClN5O2/c1-9-6-13(19)7-12-8-14(17(26)24-16(9)12)10(2)21-18-20-5-4-15(23-18)22-11(3)25/h4-8,10H,1-3H3,(H,24,26)(H2,20,21,22,23,25)/t10-/m0/s1. The van der Waals surface area contributed by atoms with Gasteiger partial charge in [0.1, 0.15) is 5.82 Å². The average molecular weight is 372 g/mol. The number of aromatic amines is 1. The number of anilines is 2. The highest BCUT2D eigenvalue weighted by Gasteiger charge is 2.14. The zero-order valence-electron chi connectivity index (χ0n) is 14.6. The summed E-state index contributed by atoms with van der Waals surface area (Å²) >= 11 is 6.12. The molecule has 2 heterocycles. The van der Waals surface area contributed by atoms with Gasteiger partial charge >= 0.3 is 0 Å². The monoisotopic (exact) mass is 371 g/mol. The van der Waals surface area contributed by atoms with Gasteiger partial charge in [-0.25, -0.2) is 4.98 Å². The molecule has 0 aliphatic rings. The summed E-state index contributed by atoms with van der Waals surface area (Å²) in [5.74, 6) is 0.475. The number of halogens is 1. The second-order valence-electron chi connectivity index (χ2n) is 6.05. The summed E-state index contributed by atoms with van der Waals surface area (Å²) in [6, 6.07) is 6.66. The van der Waals surface area contributed by atoms with Crippen LogP contribution in [0.3, 0.4) is 0 Å². The van der Waals surface area contributed by atoms with Gasteiger partial charge in [-0.2, -0.15) is 4.98 Å². The van der Waals surface area contributed by atoms with Crippen molar-refractivity contribution in [1.29, 1.82) is 0 Å². The number of hydrogen-bond acceptors (Lipinski definition) is 5. The third-order valence-electron chi connectivity index (χ3n) is 3.91. The van der Waals surface area contributed by atoms with Gasteiger partial charge in [0.05, 0.1) is 11.6 Å². The fourth-order valence-corrected chi connectivity index (χ4v) is 3.02. The van der Waals surface area contributed by atoms with Crippen molar-refractivity contribution in [3.63, 3.8) is 0 Å². The third-order valence-corrected chi connectivity index (χ3v) is 4.13. The van der Waals surface area contributed by atoms with Gasteiger partial charge in [0.15, 0.2) is 0 Å². The SMILES string of the molecule is CC(=O)Nc1ccnc(N[C@@H](C)c2cc3cc(Cl)cc(C)c3[nH]c2=O)n1. The van der Waals surface area contributed by atoms with Gasteiger partial charge in [0.25, 0.3) is 5.56 Å². The number of nitrogens with zero attached hydrogens (tertiary/aromatic N) is 2. The van der Waals surface area contributed by atoms with E-state index in [-0.39, 0.29) is 17.5 Å². The molecule has 0 bridgehead atoms. The van der Waals surface area contributed by atoms with E-state index < -0.39 is 0 Å². The summed E-state index contributed by atoms with van der Waals surface area (Å²) in [5.41, 5.74) is 2.01. The molecule has 1 aromatic carbocycles. The first-order chi connectivity index (χ1) is 12.3. The Kier molecular flexibility index (Phi) is 4.90. The number of H-pyrrole nitrogens is 1. The molecular weight excluding hydrogens is 354 g/mol. The van der Waals surface area contributed by atoms with Crippen LogP contribution in [0, 0.1) is 6.92 Å². The number of benzene rings is 1. The Hall–Kier alpha value is -2.93. The molecule has 0 radical (unpaired) electrons. The minimum atomic E-state index is -0.352. The predicted molar refractivity (Wildman–Crippen MR) is 103 cm³/mol. The summed E-state index contributed by atoms with van der Waals surface area (Å²) < 4.78 is 0. The van der Waals surface area contributed by atoms with Crippen LogP contribution in [-0.4, -0.2) is 20.9 Å². The van der Waals surface area contributed by atoms with E-state index in [0.29, 0.717) is 22.4 Å². The number of rotatable bonds is 4. The summed E-state index contributed by atoms with van der Waals surface area (Å²) in [7, 11) is 0. The number of aryl methyl sites for hydroxylation is 1. The van der Waals surface area contributed by atoms with Crippen LogP contribution >= 0.6 is 11.6 Å². The van der Waals surface area contributed by atoms with Crippen molar-refractivity contribution < 1.29 is 4.79 Å². The lowest BCUT2D eigenvalue weighted by atomic mass is 10.1. The lowest BCUT2D eigenvalue weighted by Gasteiger charge is -2.15. The number of carbonyl (C=O) groups is 1. The fourth-order valence-electron chi connectivity index (χ4n) is 2.74. The molecule has 7 nitrogen and oxygen atoms in total. The molecule has 2 aromatic heterocycles. The lowest BCUT2D eigenvalue weighted by molar-refractivity contribution is -0.114. The Labute approximate surface area is 154 Å². The molecule has 8 heteroatoms. The minimum absolute atomic E-state index is 0.194.